The number of benzene rings is 2. The molecule has 1 unspecified atom stereocenters. The monoisotopic (exact) mass is 511 g/mol. The maximum atomic E-state index is 13.4. The molecule has 10 heteroatoms. The number of aromatic nitrogens is 3. The molecule has 0 aliphatic rings. The number of fused-ring (bicyclic) bond motifs is 1. The largest absolute Gasteiger partial charge is 0.391 e. The Morgan fingerprint density at radius 1 is 1.17 bits per heavy atom. The molecule has 0 fully saturated rings. The summed E-state index contributed by atoms with van der Waals surface area (Å²) in [6, 6.07) is 11.1. The first-order valence-electron chi connectivity index (χ1n) is 11.7. The Morgan fingerprint density at radius 3 is 2.75 bits per heavy atom. The Bertz CT molecular complexity index is 1440. The van der Waals surface area contributed by atoms with Crippen LogP contribution in [0.5, 0.6) is 0 Å². The summed E-state index contributed by atoms with van der Waals surface area (Å²) >= 11 is 0. The molecule has 190 valence electrons. The lowest BCUT2D eigenvalue weighted by Crippen LogP contribution is -2.29. The highest BCUT2D eigenvalue weighted by Crippen LogP contribution is 2.30. The minimum atomic E-state index is -3.74. The molecule has 0 spiro atoms. The number of aryl methyl sites for hydroxylation is 2. The molecule has 2 N–H and O–H groups in total. The van der Waals surface area contributed by atoms with Gasteiger partial charge in [0.05, 0.1) is 11.0 Å². The van der Waals surface area contributed by atoms with Gasteiger partial charge in [-0.2, -0.15) is 0 Å². The van der Waals surface area contributed by atoms with Gasteiger partial charge in [-0.15, -0.1) is 0 Å². The third kappa shape index (κ3) is 5.89. The van der Waals surface area contributed by atoms with E-state index in [0.29, 0.717) is 41.5 Å². The van der Waals surface area contributed by atoms with Crippen LogP contribution in [0.3, 0.4) is 0 Å². The average molecular weight is 512 g/mol. The van der Waals surface area contributed by atoms with Gasteiger partial charge >= 0.3 is 0 Å². The molecule has 0 amide bonds. The normalized spacial score (nSPS) is 12.8. The minimum Gasteiger partial charge on any atom is -0.391 e. The Balaban J connectivity index is 1.47. The predicted octanol–water partition coefficient (Wildman–Crippen LogP) is 3.61. The lowest BCUT2D eigenvalue weighted by Gasteiger charge is -2.20. The standard InChI is InChI=1S/C26H30FN5O3S/c1-19-29-11-14-32(19)13-4-12-31(2)36(34,35)26-8-7-25(24-18-28-10-9-23(24)26)30-17-22(33)16-20-5-3-6-21(27)15-20/h3,5-11,14-15,18,22,30,33H,4,12-13,16-17H2,1-2H3. The van der Waals surface area contributed by atoms with Gasteiger partial charge in [0.15, 0.2) is 0 Å². The molecule has 1 atom stereocenters. The van der Waals surface area contributed by atoms with E-state index < -0.39 is 16.1 Å². The lowest BCUT2D eigenvalue weighted by atomic mass is 10.1. The average Bonchev–Trinajstić information content (AvgIpc) is 3.26. The molecule has 0 saturated carbocycles. The second kappa shape index (κ2) is 11.2. The van der Waals surface area contributed by atoms with Crippen LogP contribution < -0.4 is 5.32 Å². The van der Waals surface area contributed by atoms with E-state index in [2.05, 4.69) is 15.3 Å². The summed E-state index contributed by atoms with van der Waals surface area (Å²) in [5.74, 6) is 0.548. The number of sulfonamides is 1. The maximum Gasteiger partial charge on any atom is 0.243 e. The fourth-order valence-electron chi connectivity index (χ4n) is 4.17. The van der Waals surface area contributed by atoms with Crippen LogP contribution in [-0.4, -0.2) is 58.6 Å². The van der Waals surface area contributed by atoms with Crippen molar-refractivity contribution in [2.45, 2.75) is 37.3 Å². The minimum absolute atomic E-state index is 0.201. The molecule has 0 aliphatic heterocycles. The third-order valence-electron chi connectivity index (χ3n) is 6.15. The SMILES string of the molecule is Cc1nccn1CCCN(C)S(=O)(=O)c1ccc(NCC(O)Cc2cccc(F)c2)c2cnccc12. The summed E-state index contributed by atoms with van der Waals surface area (Å²) < 4.78 is 43.6. The van der Waals surface area contributed by atoms with E-state index in [1.54, 1.807) is 56.0 Å². The van der Waals surface area contributed by atoms with Crippen molar-refractivity contribution in [3.63, 3.8) is 0 Å². The number of imidazole rings is 1. The van der Waals surface area contributed by atoms with E-state index >= 15 is 0 Å². The van der Waals surface area contributed by atoms with Crippen LogP contribution in [-0.2, 0) is 23.0 Å². The van der Waals surface area contributed by atoms with E-state index in [0.717, 1.165) is 5.82 Å². The zero-order valence-electron chi connectivity index (χ0n) is 20.3. The molecular weight excluding hydrogens is 481 g/mol. The highest BCUT2D eigenvalue weighted by molar-refractivity contribution is 7.89. The van der Waals surface area contributed by atoms with Gasteiger partial charge in [0, 0.05) is 74.3 Å². The van der Waals surface area contributed by atoms with Crippen molar-refractivity contribution in [1.82, 2.24) is 18.8 Å². The number of rotatable bonds is 11. The zero-order chi connectivity index (χ0) is 25.7. The van der Waals surface area contributed by atoms with Gasteiger partial charge in [0.2, 0.25) is 10.0 Å². The van der Waals surface area contributed by atoms with E-state index in [-0.39, 0.29) is 23.7 Å². The van der Waals surface area contributed by atoms with Crippen molar-refractivity contribution in [2.24, 2.45) is 0 Å². The van der Waals surface area contributed by atoms with Crippen molar-refractivity contribution >= 4 is 26.5 Å². The van der Waals surface area contributed by atoms with Gasteiger partial charge in [-0.25, -0.2) is 22.1 Å². The molecule has 4 aromatic rings. The summed E-state index contributed by atoms with van der Waals surface area (Å²) in [6.45, 7) is 3.16. The van der Waals surface area contributed by atoms with Gasteiger partial charge in [-0.3, -0.25) is 4.98 Å². The van der Waals surface area contributed by atoms with Crippen molar-refractivity contribution < 1.29 is 17.9 Å². The number of halogens is 1. The third-order valence-corrected chi connectivity index (χ3v) is 8.07. The number of hydrogen-bond acceptors (Lipinski definition) is 6. The molecule has 0 bridgehead atoms. The highest BCUT2D eigenvalue weighted by Gasteiger charge is 2.24. The molecule has 0 aliphatic carbocycles. The van der Waals surface area contributed by atoms with E-state index in [9.17, 15) is 17.9 Å². The van der Waals surface area contributed by atoms with Crippen LogP contribution in [0.2, 0.25) is 0 Å². The van der Waals surface area contributed by atoms with Crippen LogP contribution in [0.15, 0.2) is 72.1 Å². The predicted molar refractivity (Wildman–Crippen MR) is 138 cm³/mol. The Morgan fingerprint density at radius 2 is 2.00 bits per heavy atom. The van der Waals surface area contributed by atoms with Crippen LogP contribution in [0, 0.1) is 12.7 Å². The number of nitrogens with one attached hydrogen (secondary N) is 1. The lowest BCUT2D eigenvalue weighted by molar-refractivity contribution is 0.188. The van der Waals surface area contributed by atoms with E-state index in [1.165, 1.54) is 16.4 Å². The molecule has 0 saturated heterocycles. The number of nitrogens with zero attached hydrogens (tertiary/aromatic N) is 4. The molecule has 8 nitrogen and oxygen atoms in total. The number of pyridine rings is 1. The number of aliphatic hydroxyl groups excluding tert-OH is 1. The van der Waals surface area contributed by atoms with Crippen LogP contribution in [0.1, 0.15) is 17.8 Å². The number of anilines is 1. The first kappa shape index (κ1) is 25.7. The van der Waals surface area contributed by atoms with Gasteiger partial charge in [-0.05, 0) is 49.2 Å². The molecule has 2 aromatic carbocycles. The summed E-state index contributed by atoms with van der Waals surface area (Å²) in [4.78, 5) is 8.56. The zero-order valence-corrected chi connectivity index (χ0v) is 21.1. The second-order valence-electron chi connectivity index (χ2n) is 8.75. The first-order chi connectivity index (χ1) is 17.3. The van der Waals surface area contributed by atoms with Gasteiger partial charge < -0.3 is 15.0 Å². The number of hydrogen-bond donors (Lipinski definition) is 2. The smallest absolute Gasteiger partial charge is 0.243 e. The van der Waals surface area contributed by atoms with Crippen molar-refractivity contribution in [3.8, 4) is 0 Å². The van der Waals surface area contributed by atoms with Crippen LogP contribution >= 0.6 is 0 Å². The van der Waals surface area contributed by atoms with Gasteiger partial charge in [0.1, 0.15) is 11.6 Å². The van der Waals surface area contributed by atoms with Crippen LogP contribution in [0.25, 0.3) is 10.8 Å². The summed E-state index contributed by atoms with van der Waals surface area (Å²) in [7, 11) is -2.16. The molecule has 2 aromatic heterocycles. The fourth-order valence-corrected chi connectivity index (χ4v) is 5.57. The molecule has 36 heavy (non-hydrogen) atoms. The summed E-state index contributed by atoms with van der Waals surface area (Å²) in [6.07, 6.45) is 6.96. The van der Waals surface area contributed by atoms with Crippen molar-refractivity contribution in [1.29, 1.82) is 0 Å². The summed E-state index contributed by atoms with van der Waals surface area (Å²) in [5.41, 5.74) is 1.36. The second-order valence-corrected chi connectivity index (χ2v) is 10.8. The molecular formula is C26H30FN5O3S. The van der Waals surface area contributed by atoms with Crippen molar-refractivity contribution in [2.75, 3.05) is 25.5 Å². The van der Waals surface area contributed by atoms with E-state index in [1.807, 2.05) is 17.7 Å². The molecule has 0 radical (unpaired) electrons. The Kier molecular flexibility index (Phi) is 7.97. The molecule has 2 heterocycles. The topological polar surface area (TPSA) is 100 Å². The van der Waals surface area contributed by atoms with Crippen LogP contribution in [0.4, 0.5) is 10.1 Å². The highest BCUT2D eigenvalue weighted by atomic mass is 32.2. The molecule has 4 rings (SSSR count). The van der Waals surface area contributed by atoms with Crippen molar-refractivity contribution in [3.05, 3.63) is 84.5 Å². The Labute approximate surface area is 210 Å². The summed E-state index contributed by atoms with van der Waals surface area (Å²) in [5, 5.41) is 14.8. The van der Waals surface area contributed by atoms with E-state index in [4.69, 9.17) is 0 Å². The van der Waals surface area contributed by atoms with Gasteiger partial charge in [-0.1, -0.05) is 12.1 Å². The quantitative estimate of drug-likeness (QED) is 0.319. The van der Waals surface area contributed by atoms with Gasteiger partial charge in [0.25, 0.3) is 0 Å². The first-order valence-corrected chi connectivity index (χ1v) is 13.2. The Hall–Kier alpha value is -3.34. The maximum absolute atomic E-state index is 13.4. The number of aliphatic hydroxyl groups is 1. The fraction of sp³-hybridized carbons (Fsp3) is 0.308.